The molecular formula is C14H20N4. The van der Waals surface area contributed by atoms with E-state index >= 15 is 0 Å². The molecule has 1 aliphatic carbocycles. The minimum Gasteiger partial charge on any atom is -0.312 e. The van der Waals surface area contributed by atoms with Crippen molar-refractivity contribution in [1.82, 2.24) is 19.9 Å². The number of nitrogens with one attached hydrogen (secondary N) is 1. The highest BCUT2D eigenvalue weighted by atomic mass is 15.1. The summed E-state index contributed by atoms with van der Waals surface area (Å²) in [5.74, 6) is 2.03. The molecule has 2 heterocycles. The van der Waals surface area contributed by atoms with Crippen LogP contribution < -0.4 is 5.32 Å². The zero-order chi connectivity index (χ0) is 12.4. The lowest BCUT2D eigenvalue weighted by Gasteiger charge is -2.07. The van der Waals surface area contributed by atoms with Crippen molar-refractivity contribution in [1.29, 1.82) is 0 Å². The molecule has 2 aromatic heterocycles. The van der Waals surface area contributed by atoms with Gasteiger partial charge >= 0.3 is 0 Å². The van der Waals surface area contributed by atoms with Crippen LogP contribution in [0.1, 0.15) is 32.0 Å². The number of hydrogen-bond acceptors (Lipinski definition) is 3. The van der Waals surface area contributed by atoms with E-state index in [1.54, 1.807) is 0 Å². The Bertz CT molecular complexity index is 528. The van der Waals surface area contributed by atoms with Gasteiger partial charge in [-0.25, -0.2) is 9.97 Å². The summed E-state index contributed by atoms with van der Waals surface area (Å²) in [5, 5.41) is 3.51. The third-order valence-electron chi connectivity index (χ3n) is 3.44. The number of nitrogens with zero attached hydrogens (tertiary/aromatic N) is 3. The topological polar surface area (TPSA) is 42.7 Å². The maximum absolute atomic E-state index is 4.69. The van der Waals surface area contributed by atoms with Gasteiger partial charge < -0.3 is 9.88 Å². The summed E-state index contributed by atoms with van der Waals surface area (Å²) >= 11 is 0. The molecule has 1 fully saturated rings. The molecule has 0 aliphatic heterocycles. The number of aromatic nitrogens is 3. The van der Waals surface area contributed by atoms with Crippen LogP contribution in [0.5, 0.6) is 0 Å². The van der Waals surface area contributed by atoms with Gasteiger partial charge in [-0.15, -0.1) is 0 Å². The van der Waals surface area contributed by atoms with Gasteiger partial charge in [0, 0.05) is 12.7 Å². The van der Waals surface area contributed by atoms with E-state index < -0.39 is 0 Å². The van der Waals surface area contributed by atoms with E-state index in [0.29, 0.717) is 0 Å². The molecule has 0 saturated heterocycles. The zero-order valence-electron chi connectivity index (χ0n) is 10.9. The monoisotopic (exact) mass is 244 g/mol. The van der Waals surface area contributed by atoms with E-state index in [4.69, 9.17) is 0 Å². The smallest absolute Gasteiger partial charge is 0.160 e. The Hall–Kier alpha value is -1.42. The third-order valence-corrected chi connectivity index (χ3v) is 3.44. The molecule has 18 heavy (non-hydrogen) atoms. The van der Waals surface area contributed by atoms with Crippen molar-refractivity contribution < 1.29 is 0 Å². The lowest BCUT2D eigenvalue weighted by molar-refractivity contribution is 0.578. The van der Waals surface area contributed by atoms with Crippen molar-refractivity contribution in [2.45, 2.75) is 39.3 Å². The molecule has 3 rings (SSSR count). The molecule has 0 atom stereocenters. The molecule has 1 saturated carbocycles. The molecule has 96 valence electrons. The number of pyridine rings is 1. The predicted molar refractivity (Wildman–Crippen MR) is 72.2 cm³/mol. The fraction of sp³-hybridized carbons (Fsp3) is 0.571. The van der Waals surface area contributed by atoms with Crippen LogP contribution in [0.2, 0.25) is 0 Å². The Kier molecular flexibility index (Phi) is 3.28. The molecule has 0 spiro atoms. The Morgan fingerprint density at radius 3 is 3.11 bits per heavy atom. The van der Waals surface area contributed by atoms with Crippen molar-refractivity contribution in [2.75, 3.05) is 6.54 Å². The highest BCUT2D eigenvalue weighted by molar-refractivity contribution is 5.71. The molecule has 0 amide bonds. The van der Waals surface area contributed by atoms with Crippen LogP contribution >= 0.6 is 0 Å². The maximum atomic E-state index is 4.69. The van der Waals surface area contributed by atoms with Gasteiger partial charge in [0.15, 0.2) is 5.65 Å². The quantitative estimate of drug-likeness (QED) is 0.848. The SMILES string of the molecule is CCCn1c(CNCC2CC2)nc2cccnc21. The van der Waals surface area contributed by atoms with Crippen molar-refractivity contribution in [3.05, 3.63) is 24.2 Å². The van der Waals surface area contributed by atoms with Gasteiger partial charge in [-0.2, -0.15) is 0 Å². The molecule has 0 aromatic carbocycles. The van der Waals surface area contributed by atoms with Crippen LogP contribution in [0.4, 0.5) is 0 Å². The largest absolute Gasteiger partial charge is 0.312 e. The van der Waals surface area contributed by atoms with E-state index in [-0.39, 0.29) is 0 Å². The van der Waals surface area contributed by atoms with E-state index in [1.807, 2.05) is 18.3 Å². The van der Waals surface area contributed by atoms with Crippen molar-refractivity contribution >= 4 is 11.2 Å². The lowest BCUT2D eigenvalue weighted by atomic mass is 10.4. The first-order valence-corrected chi connectivity index (χ1v) is 6.89. The fourth-order valence-corrected chi connectivity index (χ4v) is 2.31. The highest BCUT2D eigenvalue weighted by Crippen LogP contribution is 2.27. The lowest BCUT2D eigenvalue weighted by Crippen LogP contribution is -2.19. The van der Waals surface area contributed by atoms with Crippen LogP contribution in [0.3, 0.4) is 0 Å². The summed E-state index contributed by atoms with van der Waals surface area (Å²) in [4.78, 5) is 9.14. The Labute approximate surface area is 107 Å². The summed E-state index contributed by atoms with van der Waals surface area (Å²) in [6, 6.07) is 3.99. The Morgan fingerprint density at radius 1 is 1.44 bits per heavy atom. The highest BCUT2D eigenvalue weighted by Gasteiger charge is 2.20. The average molecular weight is 244 g/mol. The second-order valence-corrected chi connectivity index (χ2v) is 5.10. The molecule has 0 bridgehead atoms. The first kappa shape index (κ1) is 11.7. The van der Waals surface area contributed by atoms with E-state index in [2.05, 4.69) is 26.8 Å². The predicted octanol–water partition coefficient (Wildman–Crippen LogP) is 2.34. The van der Waals surface area contributed by atoms with Gasteiger partial charge in [0.05, 0.1) is 6.54 Å². The van der Waals surface area contributed by atoms with Crippen molar-refractivity contribution in [3.63, 3.8) is 0 Å². The van der Waals surface area contributed by atoms with E-state index in [9.17, 15) is 0 Å². The molecule has 0 unspecified atom stereocenters. The number of hydrogen-bond donors (Lipinski definition) is 1. The summed E-state index contributed by atoms with van der Waals surface area (Å²) in [6.45, 7) is 5.17. The van der Waals surface area contributed by atoms with Gasteiger partial charge in [0.2, 0.25) is 0 Å². The van der Waals surface area contributed by atoms with Gasteiger partial charge in [-0.3, -0.25) is 0 Å². The van der Waals surface area contributed by atoms with E-state index in [0.717, 1.165) is 49.0 Å². The fourth-order valence-electron chi connectivity index (χ4n) is 2.31. The number of rotatable bonds is 6. The molecule has 2 aromatic rings. The minimum absolute atomic E-state index is 0.854. The molecule has 1 aliphatic rings. The van der Waals surface area contributed by atoms with Crippen LogP contribution in [0.25, 0.3) is 11.2 Å². The number of imidazole rings is 1. The van der Waals surface area contributed by atoms with Gasteiger partial charge in [0.25, 0.3) is 0 Å². The van der Waals surface area contributed by atoms with Gasteiger partial charge in [-0.05, 0) is 43.9 Å². The van der Waals surface area contributed by atoms with Crippen LogP contribution in [0, 0.1) is 5.92 Å². The van der Waals surface area contributed by atoms with Crippen LogP contribution in [0.15, 0.2) is 18.3 Å². The number of fused-ring (bicyclic) bond motifs is 1. The molecule has 1 N–H and O–H groups in total. The van der Waals surface area contributed by atoms with Gasteiger partial charge in [0.1, 0.15) is 11.3 Å². The Balaban J connectivity index is 1.81. The minimum atomic E-state index is 0.854. The van der Waals surface area contributed by atoms with E-state index in [1.165, 1.54) is 12.8 Å². The third kappa shape index (κ3) is 2.38. The second kappa shape index (κ2) is 5.06. The summed E-state index contributed by atoms with van der Waals surface area (Å²) < 4.78 is 2.25. The first-order chi connectivity index (χ1) is 8.88. The van der Waals surface area contributed by atoms with Crippen molar-refractivity contribution in [2.24, 2.45) is 5.92 Å². The number of aryl methyl sites for hydroxylation is 1. The summed E-state index contributed by atoms with van der Waals surface area (Å²) in [7, 11) is 0. The normalized spacial score (nSPS) is 15.4. The standard InChI is InChI=1S/C14H20N4/c1-2-8-18-13(10-15-9-11-5-6-11)17-12-4-3-7-16-14(12)18/h3-4,7,11,15H,2,5-6,8-10H2,1H3. The second-order valence-electron chi connectivity index (χ2n) is 5.10. The zero-order valence-corrected chi connectivity index (χ0v) is 10.9. The average Bonchev–Trinajstić information content (AvgIpc) is 3.14. The summed E-state index contributed by atoms with van der Waals surface area (Å²) in [6.07, 6.45) is 5.73. The molecule has 4 nitrogen and oxygen atoms in total. The molecular weight excluding hydrogens is 224 g/mol. The van der Waals surface area contributed by atoms with Gasteiger partial charge in [-0.1, -0.05) is 6.92 Å². The van der Waals surface area contributed by atoms with Crippen molar-refractivity contribution in [3.8, 4) is 0 Å². The molecule has 0 radical (unpaired) electrons. The first-order valence-electron chi connectivity index (χ1n) is 6.89. The Morgan fingerprint density at radius 2 is 2.33 bits per heavy atom. The van der Waals surface area contributed by atoms with Crippen LogP contribution in [-0.4, -0.2) is 21.1 Å². The van der Waals surface area contributed by atoms with Crippen LogP contribution in [-0.2, 0) is 13.1 Å². The summed E-state index contributed by atoms with van der Waals surface area (Å²) in [5.41, 5.74) is 2.02. The maximum Gasteiger partial charge on any atom is 0.160 e. The molecule has 4 heteroatoms.